The van der Waals surface area contributed by atoms with Crippen LogP contribution in [0.1, 0.15) is 32.3 Å². The van der Waals surface area contributed by atoms with E-state index in [0.717, 1.165) is 25.0 Å². The standard InChI is InChI=1S/C15H24O2/c1-4-13(5-2)14(11-16)10-12-6-8-15(17-3)9-7-12/h6-9,13-14,16H,4-5,10-11H2,1-3H3. The summed E-state index contributed by atoms with van der Waals surface area (Å²) in [6, 6.07) is 8.14. The molecule has 96 valence electrons. The van der Waals surface area contributed by atoms with Crippen molar-refractivity contribution in [2.24, 2.45) is 11.8 Å². The Hall–Kier alpha value is -1.02. The number of ether oxygens (including phenoxy) is 1. The Morgan fingerprint density at radius 1 is 1.06 bits per heavy atom. The van der Waals surface area contributed by atoms with Crippen LogP contribution in [0.25, 0.3) is 0 Å². The molecule has 0 heterocycles. The number of aliphatic hydroxyl groups is 1. The molecule has 1 rings (SSSR count). The molecule has 0 aliphatic rings. The van der Waals surface area contributed by atoms with Crippen LogP contribution in [0, 0.1) is 11.8 Å². The predicted molar refractivity (Wildman–Crippen MR) is 71.3 cm³/mol. The summed E-state index contributed by atoms with van der Waals surface area (Å²) in [4.78, 5) is 0. The highest BCUT2D eigenvalue weighted by Gasteiger charge is 2.17. The fraction of sp³-hybridized carbons (Fsp3) is 0.600. The molecule has 0 saturated carbocycles. The molecule has 0 aromatic heterocycles. The number of hydrogen-bond acceptors (Lipinski definition) is 2. The third-order valence-corrected chi connectivity index (χ3v) is 3.61. The predicted octanol–water partition coefficient (Wildman–Crippen LogP) is 3.28. The molecule has 2 heteroatoms. The molecule has 1 aromatic carbocycles. The summed E-state index contributed by atoms with van der Waals surface area (Å²) in [5.41, 5.74) is 1.27. The van der Waals surface area contributed by atoms with Gasteiger partial charge in [0.15, 0.2) is 0 Å². The van der Waals surface area contributed by atoms with Gasteiger partial charge in [0.25, 0.3) is 0 Å². The van der Waals surface area contributed by atoms with Crippen LogP contribution < -0.4 is 4.74 Å². The Morgan fingerprint density at radius 2 is 1.65 bits per heavy atom. The minimum atomic E-state index is 0.276. The molecule has 1 aromatic rings. The molecule has 0 radical (unpaired) electrons. The molecule has 1 unspecified atom stereocenters. The first-order chi connectivity index (χ1) is 8.24. The van der Waals surface area contributed by atoms with Crippen LogP contribution in [0.5, 0.6) is 5.75 Å². The van der Waals surface area contributed by atoms with Crippen LogP contribution in [-0.2, 0) is 6.42 Å². The summed E-state index contributed by atoms with van der Waals surface area (Å²) >= 11 is 0. The molecule has 1 N–H and O–H groups in total. The summed E-state index contributed by atoms with van der Waals surface area (Å²) in [6.45, 7) is 4.67. The number of hydrogen-bond donors (Lipinski definition) is 1. The van der Waals surface area contributed by atoms with Gasteiger partial charge < -0.3 is 9.84 Å². The minimum absolute atomic E-state index is 0.276. The maximum atomic E-state index is 9.50. The molecule has 0 aliphatic heterocycles. The lowest BCUT2D eigenvalue weighted by Gasteiger charge is -2.23. The van der Waals surface area contributed by atoms with Gasteiger partial charge in [0.1, 0.15) is 5.75 Å². The number of benzene rings is 1. The number of rotatable bonds is 7. The van der Waals surface area contributed by atoms with Gasteiger partial charge >= 0.3 is 0 Å². The van der Waals surface area contributed by atoms with Gasteiger partial charge in [-0.1, -0.05) is 38.8 Å². The zero-order valence-electron chi connectivity index (χ0n) is 11.1. The van der Waals surface area contributed by atoms with E-state index in [2.05, 4.69) is 26.0 Å². The summed E-state index contributed by atoms with van der Waals surface area (Å²) in [6.07, 6.45) is 3.22. The first-order valence-corrected chi connectivity index (χ1v) is 6.48. The van der Waals surface area contributed by atoms with Gasteiger partial charge in [-0.05, 0) is 36.0 Å². The average molecular weight is 236 g/mol. The van der Waals surface area contributed by atoms with Crippen molar-refractivity contribution in [3.8, 4) is 5.75 Å². The molecule has 2 nitrogen and oxygen atoms in total. The van der Waals surface area contributed by atoms with E-state index < -0.39 is 0 Å². The quantitative estimate of drug-likeness (QED) is 0.787. The number of aliphatic hydroxyl groups excluding tert-OH is 1. The van der Waals surface area contributed by atoms with Crippen molar-refractivity contribution < 1.29 is 9.84 Å². The van der Waals surface area contributed by atoms with E-state index in [1.807, 2.05) is 12.1 Å². The lowest BCUT2D eigenvalue weighted by atomic mass is 9.84. The highest BCUT2D eigenvalue weighted by molar-refractivity contribution is 5.27. The van der Waals surface area contributed by atoms with Crippen molar-refractivity contribution in [2.45, 2.75) is 33.1 Å². The Bertz CT molecular complexity index is 301. The summed E-state index contributed by atoms with van der Waals surface area (Å²) in [7, 11) is 1.68. The molecule has 0 saturated heterocycles. The van der Waals surface area contributed by atoms with Crippen molar-refractivity contribution in [2.75, 3.05) is 13.7 Å². The minimum Gasteiger partial charge on any atom is -0.497 e. The summed E-state index contributed by atoms with van der Waals surface area (Å²) in [5, 5.41) is 9.50. The second kappa shape index (κ2) is 7.33. The second-order valence-electron chi connectivity index (χ2n) is 4.57. The van der Waals surface area contributed by atoms with Crippen LogP contribution in [0.2, 0.25) is 0 Å². The fourth-order valence-corrected chi connectivity index (χ4v) is 2.40. The van der Waals surface area contributed by atoms with Crippen molar-refractivity contribution in [3.63, 3.8) is 0 Å². The second-order valence-corrected chi connectivity index (χ2v) is 4.57. The topological polar surface area (TPSA) is 29.5 Å². The largest absolute Gasteiger partial charge is 0.497 e. The van der Waals surface area contributed by atoms with Gasteiger partial charge in [0, 0.05) is 6.61 Å². The third-order valence-electron chi connectivity index (χ3n) is 3.61. The Kier molecular flexibility index (Phi) is 6.06. The number of methoxy groups -OCH3 is 1. The summed E-state index contributed by atoms with van der Waals surface area (Å²) < 4.78 is 5.14. The molecule has 0 aliphatic carbocycles. The first kappa shape index (κ1) is 14.0. The molecular weight excluding hydrogens is 212 g/mol. The zero-order chi connectivity index (χ0) is 12.7. The van der Waals surface area contributed by atoms with E-state index >= 15 is 0 Å². The van der Waals surface area contributed by atoms with Crippen LogP contribution in [0.3, 0.4) is 0 Å². The molecule has 0 bridgehead atoms. The SMILES string of the molecule is CCC(CC)C(CO)Cc1ccc(OC)cc1. The van der Waals surface area contributed by atoms with E-state index in [-0.39, 0.29) is 6.61 Å². The monoisotopic (exact) mass is 236 g/mol. The van der Waals surface area contributed by atoms with Crippen molar-refractivity contribution in [1.82, 2.24) is 0 Å². The Balaban J connectivity index is 2.66. The highest BCUT2D eigenvalue weighted by atomic mass is 16.5. The van der Waals surface area contributed by atoms with E-state index in [1.54, 1.807) is 7.11 Å². The van der Waals surface area contributed by atoms with Gasteiger partial charge in [-0.2, -0.15) is 0 Å². The normalized spacial score (nSPS) is 12.8. The molecule has 1 atom stereocenters. The average Bonchev–Trinajstić information content (AvgIpc) is 2.39. The fourth-order valence-electron chi connectivity index (χ4n) is 2.40. The van der Waals surface area contributed by atoms with Gasteiger partial charge in [-0.3, -0.25) is 0 Å². The van der Waals surface area contributed by atoms with E-state index in [9.17, 15) is 5.11 Å². The first-order valence-electron chi connectivity index (χ1n) is 6.48. The van der Waals surface area contributed by atoms with E-state index in [1.165, 1.54) is 5.56 Å². The lowest BCUT2D eigenvalue weighted by molar-refractivity contribution is 0.167. The lowest BCUT2D eigenvalue weighted by Crippen LogP contribution is -2.20. The molecule has 0 fully saturated rings. The van der Waals surface area contributed by atoms with Crippen molar-refractivity contribution >= 4 is 0 Å². The van der Waals surface area contributed by atoms with Crippen molar-refractivity contribution in [1.29, 1.82) is 0 Å². The van der Waals surface area contributed by atoms with Crippen LogP contribution in [-0.4, -0.2) is 18.8 Å². The van der Waals surface area contributed by atoms with Crippen LogP contribution >= 0.6 is 0 Å². The molecule has 0 amide bonds. The van der Waals surface area contributed by atoms with Crippen molar-refractivity contribution in [3.05, 3.63) is 29.8 Å². The Labute approximate surface area is 105 Å². The Morgan fingerprint density at radius 3 is 2.06 bits per heavy atom. The van der Waals surface area contributed by atoms with Crippen LogP contribution in [0.15, 0.2) is 24.3 Å². The third kappa shape index (κ3) is 4.04. The zero-order valence-corrected chi connectivity index (χ0v) is 11.1. The van der Waals surface area contributed by atoms with Crippen LogP contribution in [0.4, 0.5) is 0 Å². The maximum absolute atomic E-state index is 9.50. The van der Waals surface area contributed by atoms with E-state index in [4.69, 9.17) is 4.74 Å². The van der Waals surface area contributed by atoms with Gasteiger partial charge in [0.2, 0.25) is 0 Å². The maximum Gasteiger partial charge on any atom is 0.118 e. The highest BCUT2D eigenvalue weighted by Crippen LogP contribution is 2.24. The smallest absolute Gasteiger partial charge is 0.118 e. The molecule has 0 spiro atoms. The van der Waals surface area contributed by atoms with Gasteiger partial charge in [0.05, 0.1) is 7.11 Å². The molecular formula is C15H24O2. The molecule has 17 heavy (non-hydrogen) atoms. The van der Waals surface area contributed by atoms with Gasteiger partial charge in [-0.25, -0.2) is 0 Å². The summed E-state index contributed by atoms with van der Waals surface area (Å²) in [5.74, 6) is 1.87. The van der Waals surface area contributed by atoms with E-state index in [0.29, 0.717) is 11.8 Å². The van der Waals surface area contributed by atoms with Gasteiger partial charge in [-0.15, -0.1) is 0 Å².